The van der Waals surface area contributed by atoms with Crippen LogP contribution in [0.4, 0.5) is 0 Å². The molecule has 0 radical (unpaired) electrons. The van der Waals surface area contributed by atoms with Crippen molar-refractivity contribution in [3.05, 3.63) is 0 Å². The van der Waals surface area contributed by atoms with E-state index in [1.54, 1.807) is 45.5 Å². The third-order valence-electron chi connectivity index (χ3n) is 7.42. The molecule has 9 nitrogen and oxygen atoms in total. The van der Waals surface area contributed by atoms with Crippen LogP contribution >= 0.6 is 75.6 Å². The first-order chi connectivity index (χ1) is 26.5. The molecule has 8 unspecified atom stereocenters. The summed E-state index contributed by atoms with van der Waals surface area (Å²) >= 11 is 6.78. The molecule has 0 rings (SSSR count). The maximum absolute atomic E-state index is 11.2. The smallest absolute Gasteiger partial charge is 0.304 e. The number of carboxylic acids is 1. The van der Waals surface area contributed by atoms with E-state index in [0.717, 1.165) is 43.4 Å². The first-order valence-corrected chi connectivity index (χ1v) is 32.5. The lowest BCUT2D eigenvalue weighted by Crippen LogP contribution is -2.16. The summed E-state index contributed by atoms with van der Waals surface area (Å²) in [6.45, 7) is 37.1. The number of hydrogen-bond donors (Lipinski definition) is 1. The number of carbonyl (C=O) groups is 1. The van der Waals surface area contributed by atoms with Gasteiger partial charge < -0.3 is 36.8 Å². The van der Waals surface area contributed by atoms with Crippen molar-refractivity contribution in [3.63, 3.8) is 0 Å². The highest BCUT2D eigenvalue weighted by Crippen LogP contribution is 2.60. The Morgan fingerprint density at radius 1 is 0.421 bits per heavy atom. The molecule has 0 aliphatic carbocycles. The van der Waals surface area contributed by atoms with Crippen LogP contribution < -0.4 is 0 Å². The van der Waals surface area contributed by atoms with E-state index in [-0.39, 0.29) is 49.1 Å². The van der Waals surface area contributed by atoms with Crippen LogP contribution in [0.1, 0.15) is 150 Å². The molecule has 0 bridgehead atoms. The van der Waals surface area contributed by atoms with Gasteiger partial charge in [0.1, 0.15) is 0 Å². The maximum Gasteiger partial charge on any atom is 0.304 e. The molecule has 0 heterocycles. The minimum absolute atomic E-state index is 0.0391. The second kappa shape index (κ2) is 34.7. The molecular weight excluding hydrogens is 877 g/mol. The highest BCUT2D eigenvalue weighted by Gasteiger charge is 2.28. The Bertz CT molecular complexity index is 907. The summed E-state index contributed by atoms with van der Waals surface area (Å²) < 4.78 is 46.1. The van der Waals surface area contributed by atoms with Gasteiger partial charge in [-0.2, -0.15) is 0 Å². The zero-order valence-corrected chi connectivity index (χ0v) is 45.5. The molecule has 57 heavy (non-hydrogen) atoms. The van der Waals surface area contributed by atoms with E-state index < -0.39 is 36.1 Å². The van der Waals surface area contributed by atoms with Gasteiger partial charge in [0.2, 0.25) is 22.7 Å². The first-order valence-electron chi connectivity index (χ1n) is 21.1. The predicted octanol–water partition coefficient (Wildman–Crippen LogP) is 16.1. The van der Waals surface area contributed by atoms with Crippen LogP contribution in [0.3, 0.4) is 0 Å². The SMILES string of the molecule is CC(C)CC(C)OP(OC(C)CC(C)C)SCC(C)OP(OC(C)CSP(OC(C)CC(C)C)OC(C)CC(C)C)SCC(C)OP(CC(C)C)SCCC(=O)O. The standard InChI is InChI=1S/C40H84O9P4S4/c1-28(2)20-33(11)44-51(45-34(12)21-29(3)4)56-26-38(16)48-53(55-25-37(15)43-50(24-32(9)10)54-19-18-40(41)42)49-39(17)27-57-52(46-35(13)22-30(5)6)47-36(14)23-31(7)8/h28-39H,18-27H2,1-17H3,(H,41,42). The molecule has 0 fully saturated rings. The Labute approximate surface area is 372 Å². The van der Waals surface area contributed by atoms with Crippen LogP contribution in [0.2, 0.25) is 0 Å². The highest BCUT2D eigenvalue weighted by molar-refractivity contribution is 8.54. The van der Waals surface area contributed by atoms with Gasteiger partial charge in [-0.05, 0) is 104 Å². The fraction of sp³-hybridized carbons (Fsp3) is 0.975. The van der Waals surface area contributed by atoms with E-state index in [1.807, 2.05) is 0 Å². The topological polar surface area (TPSA) is 102 Å². The summed E-state index contributed by atoms with van der Waals surface area (Å²) in [6, 6.07) is 0. The van der Waals surface area contributed by atoms with Crippen molar-refractivity contribution in [2.75, 3.05) is 29.2 Å². The average molecular weight is 961 g/mol. The van der Waals surface area contributed by atoms with Crippen LogP contribution in [0.5, 0.6) is 0 Å². The molecule has 0 aromatic heterocycles. The lowest BCUT2D eigenvalue weighted by molar-refractivity contribution is -0.136. The summed E-state index contributed by atoms with van der Waals surface area (Å²) in [4.78, 5) is 11.2. The summed E-state index contributed by atoms with van der Waals surface area (Å²) in [6.07, 6.45) is 5.26. The predicted molar refractivity (Wildman–Crippen MR) is 261 cm³/mol. The zero-order chi connectivity index (χ0) is 43.7. The van der Waals surface area contributed by atoms with E-state index in [1.165, 1.54) is 0 Å². The number of carboxylic acid groups (broad SMARTS) is 1. The minimum atomic E-state index is -1.32. The fourth-order valence-electron chi connectivity index (χ4n) is 5.41. The van der Waals surface area contributed by atoms with E-state index in [0.29, 0.717) is 41.1 Å². The first kappa shape index (κ1) is 59.3. The molecule has 0 aliphatic rings. The molecule has 8 atom stereocenters. The molecule has 0 amide bonds. The summed E-state index contributed by atoms with van der Waals surface area (Å²) in [7, 11) is -4.43. The third kappa shape index (κ3) is 36.4. The van der Waals surface area contributed by atoms with Crippen molar-refractivity contribution in [2.24, 2.45) is 29.6 Å². The van der Waals surface area contributed by atoms with Gasteiger partial charge in [-0.1, -0.05) is 103 Å². The van der Waals surface area contributed by atoms with Crippen molar-refractivity contribution in [1.29, 1.82) is 0 Å². The lowest BCUT2D eigenvalue weighted by atomic mass is 10.1. The molecule has 0 aromatic carbocycles. The Morgan fingerprint density at radius 2 is 0.702 bits per heavy atom. The fourth-order valence-corrected chi connectivity index (χ4v) is 20.9. The van der Waals surface area contributed by atoms with Crippen LogP contribution in [-0.4, -0.2) is 83.0 Å². The molecule has 0 aliphatic heterocycles. The van der Waals surface area contributed by atoms with Crippen molar-refractivity contribution in [3.8, 4) is 0 Å². The van der Waals surface area contributed by atoms with Crippen molar-refractivity contribution in [1.82, 2.24) is 0 Å². The Balaban J connectivity index is 5.91. The molecule has 1 N–H and O–H groups in total. The molecule has 0 aromatic rings. The number of hydrogen-bond acceptors (Lipinski definition) is 12. The molecule has 342 valence electrons. The average Bonchev–Trinajstić information content (AvgIpc) is 3.03. The van der Waals surface area contributed by atoms with Gasteiger partial charge in [-0.25, -0.2) is 0 Å². The molecule has 0 saturated heterocycles. The van der Waals surface area contributed by atoms with Gasteiger partial charge in [0, 0.05) is 29.2 Å². The Kier molecular flexibility index (Phi) is 36.1. The summed E-state index contributed by atoms with van der Waals surface area (Å²) in [5, 5.41) is 9.19. The zero-order valence-electron chi connectivity index (χ0n) is 38.6. The van der Waals surface area contributed by atoms with Crippen molar-refractivity contribution in [2.45, 2.75) is 193 Å². The molecular formula is C40H84O9P4S4. The van der Waals surface area contributed by atoms with Gasteiger partial charge in [-0.15, -0.1) is 11.4 Å². The Morgan fingerprint density at radius 3 is 0.965 bits per heavy atom. The second-order valence-corrected chi connectivity index (χ2v) is 30.7. The van der Waals surface area contributed by atoms with E-state index in [9.17, 15) is 9.90 Å². The highest BCUT2D eigenvalue weighted by atomic mass is 32.7. The monoisotopic (exact) mass is 960 g/mol. The summed E-state index contributed by atoms with van der Waals surface area (Å²) in [5.74, 6) is 4.60. The minimum Gasteiger partial charge on any atom is -0.481 e. The third-order valence-corrected chi connectivity index (χ3v) is 22.3. The quantitative estimate of drug-likeness (QED) is 0.0599. The second-order valence-electron chi connectivity index (χ2n) is 17.4. The van der Waals surface area contributed by atoms with Crippen molar-refractivity contribution < 1.29 is 41.6 Å². The van der Waals surface area contributed by atoms with Gasteiger partial charge in [0.25, 0.3) is 0 Å². The summed E-state index contributed by atoms with van der Waals surface area (Å²) in [5.41, 5.74) is 0. The van der Waals surface area contributed by atoms with E-state index in [4.69, 9.17) is 31.7 Å². The van der Waals surface area contributed by atoms with Gasteiger partial charge in [0.05, 0.1) is 56.5 Å². The van der Waals surface area contributed by atoms with Crippen LogP contribution in [0, 0.1) is 29.6 Å². The number of aliphatic carboxylic acids is 1. The maximum atomic E-state index is 11.2. The van der Waals surface area contributed by atoms with Crippen molar-refractivity contribution >= 4 is 81.6 Å². The van der Waals surface area contributed by atoms with E-state index in [2.05, 4.69) is 118 Å². The van der Waals surface area contributed by atoms with Gasteiger partial charge in [0.15, 0.2) is 0 Å². The lowest BCUT2D eigenvalue weighted by Gasteiger charge is -2.29. The number of rotatable bonds is 37. The molecule has 17 heteroatoms. The van der Waals surface area contributed by atoms with E-state index >= 15 is 0 Å². The molecule has 0 spiro atoms. The largest absolute Gasteiger partial charge is 0.481 e. The molecule has 0 saturated carbocycles. The van der Waals surface area contributed by atoms with Gasteiger partial charge in [-0.3, -0.25) is 4.79 Å². The van der Waals surface area contributed by atoms with Crippen LogP contribution in [0.25, 0.3) is 0 Å². The van der Waals surface area contributed by atoms with Crippen LogP contribution in [-0.2, 0) is 36.5 Å². The van der Waals surface area contributed by atoms with Gasteiger partial charge >= 0.3 is 5.97 Å². The normalized spacial score (nSPS) is 18.5. The Hall–Kier alpha value is 2.31. The van der Waals surface area contributed by atoms with Crippen LogP contribution in [0.15, 0.2) is 0 Å².